The third-order valence-electron chi connectivity index (χ3n) is 2.44. The van der Waals surface area contributed by atoms with Crippen molar-refractivity contribution in [2.45, 2.75) is 26.7 Å². The van der Waals surface area contributed by atoms with E-state index >= 15 is 0 Å². The first-order chi connectivity index (χ1) is 9.45. The van der Waals surface area contributed by atoms with Gasteiger partial charge in [-0.1, -0.05) is 24.0 Å². The van der Waals surface area contributed by atoms with E-state index in [4.69, 9.17) is 22.1 Å². The number of hydrogen-bond acceptors (Lipinski definition) is 5. The van der Waals surface area contributed by atoms with Gasteiger partial charge in [0.2, 0.25) is 0 Å². The van der Waals surface area contributed by atoms with E-state index in [1.54, 1.807) is 12.3 Å². The van der Waals surface area contributed by atoms with Crippen molar-refractivity contribution in [1.29, 1.82) is 0 Å². The van der Waals surface area contributed by atoms with Gasteiger partial charge in [-0.05, 0) is 31.9 Å². The molecular formula is C13H17NO4S2. The third kappa shape index (κ3) is 4.97. The van der Waals surface area contributed by atoms with Crippen LogP contribution >= 0.6 is 24.0 Å². The van der Waals surface area contributed by atoms with Crippen LogP contribution in [0.2, 0.25) is 0 Å². The van der Waals surface area contributed by atoms with Crippen LogP contribution in [0.5, 0.6) is 0 Å². The number of amides is 1. The van der Waals surface area contributed by atoms with Crippen molar-refractivity contribution in [2.75, 3.05) is 13.2 Å². The van der Waals surface area contributed by atoms with Crippen LogP contribution in [0, 0.1) is 0 Å². The zero-order valence-electron chi connectivity index (χ0n) is 11.4. The lowest BCUT2D eigenvalue weighted by Gasteiger charge is -2.13. The van der Waals surface area contributed by atoms with Gasteiger partial charge in [0.1, 0.15) is 4.32 Å². The number of allylic oxidation sites excluding steroid dienone is 2. The standard InChI is InChI=1S/C13H17NO4S2/c1-3-18-8-9(2)7-10-12(17)14(13(19)20-10)6-4-5-11(15)16/h7-8H,3-6H2,1-2H3,(H,15,16). The number of hydrogen-bond donors (Lipinski definition) is 1. The van der Waals surface area contributed by atoms with Crippen molar-refractivity contribution >= 4 is 40.2 Å². The highest BCUT2D eigenvalue weighted by molar-refractivity contribution is 8.26. The molecule has 5 nitrogen and oxygen atoms in total. The molecule has 0 radical (unpaired) electrons. The van der Waals surface area contributed by atoms with Gasteiger partial charge in [0.05, 0.1) is 17.8 Å². The van der Waals surface area contributed by atoms with Crippen molar-refractivity contribution in [2.24, 2.45) is 0 Å². The van der Waals surface area contributed by atoms with E-state index in [0.717, 1.165) is 5.57 Å². The number of rotatable bonds is 7. The quantitative estimate of drug-likeness (QED) is 0.442. The molecule has 1 saturated heterocycles. The van der Waals surface area contributed by atoms with Crippen molar-refractivity contribution < 1.29 is 19.4 Å². The Hall–Kier alpha value is -1.34. The molecule has 1 aliphatic rings. The van der Waals surface area contributed by atoms with Gasteiger partial charge in [0.15, 0.2) is 0 Å². The number of carbonyl (C=O) groups excluding carboxylic acids is 1. The molecule has 1 amide bonds. The number of thiocarbonyl (C=S) groups is 1. The van der Waals surface area contributed by atoms with Gasteiger partial charge >= 0.3 is 5.97 Å². The molecule has 0 saturated carbocycles. The molecule has 1 fully saturated rings. The minimum absolute atomic E-state index is 0.0272. The second-order valence-electron chi connectivity index (χ2n) is 4.15. The van der Waals surface area contributed by atoms with Crippen LogP contribution in [0.4, 0.5) is 0 Å². The summed E-state index contributed by atoms with van der Waals surface area (Å²) in [5.74, 6) is -1.05. The van der Waals surface area contributed by atoms with Crippen LogP contribution in [0.3, 0.4) is 0 Å². The number of nitrogens with zero attached hydrogens (tertiary/aromatic N) is 1. The molecule has 20 heavy (non-hydrogen) atoms. The fraction of sp³-hybridized carbons (Fsp3) is 0.462. The Labute approximate surface area is 127 Å². The SMILES string of the molecule is CCOC=C(C)C=C1SC(=S)N(CCCC(=O)O)C1=O. The average Bonchev–Trinajstić information content (AvgIpc) is 2.63. The van der Waals surface area contributed by atoms with E-state index in [0.29, 0.717) is 28.8 Å². The minimum Gasteiger partial charge on any atom is -0.501 e. The van der Waals surface area contributed by atoms with E-state index < -0.39 is 5.97 Å². The lowest BCUT2D eigenvalue weighted by atomic mass is 10.2. The van der Waals surface area contributed by atoms with Crippen LogP contribution in [0.1, 0.15) is 26.7 Å². The number of carboxylic acids is 1. The molecule has 1 N–H and O–H groups in total. The predicted molar refractivity (Wildman–Crippen MR) is 82.2 cm³/mol. The fourth-order valence-corrected chi connectivity index (χ4v) is 2.90. The normalized spacial score (nSPS) is 18.0. The molecule has 0 unspecified atom stereocenters. The van der Waals surface area contributed by atoms with Crippen molar-refractivity contribution in [3.63, 3.8) is 0 Å². The Bertz CT molecular complexity index is 471. The first-order valence-corrected chi connectivity index (χ1v) is 7.43. The van der Waals surface area contributed by atoms with Gasteiger partial charge < -0.3 is 9.84 Å². The lowest BCUT2D eigenvalue weighted by Crippen LogP contribution is -2.29. The average molecular weight is 315 g/mol. The molecule has 1 aliphatic heterocycles. The second kappa shape index (κ2) is 8.06. The fourth-order valence-electron chi connectivity index (χ4n) is 1.54. The molecule has 0 aromatic heterocycles. The largest absolute Gasteiger partial charge is 0.501 e. The van der Waals surface area contributed by atoms with Crippen LogP contribution in [0.25, 0.3) is 0 Å². The van der Waals surface area contributed by atoms with Gasteiger partial charge in [-0.15, -0.1) is 0 Å². The topological polar surface area (TPSA) is 66.8 Å². The van der Waals surface area contributed by atoms with E-state index in [-0.39, 0.29) is 12.3 Å². The summed E-state index contributed by atoms with van der Waals surface area (Å²) in [6, 6.07) is 0. The molecule has 0 bridgehead atoms. The molecule has 1 heterocycles. The van der Waals surface area contributed by atoms with Crippen molar-refractivity contribution in [3.05, 3.63) is 22.8 Å². The Kier molecular flexibility index (Phi) is 6.74. The lowest BCUT2D eigenvalue weighted by molar-refractivity contribution is -0.137. The molecule has 0 aliphatic carbocycles. The molecular weight excluding hydrogens is 298 g/mol. The van der Waals surface area contributed by atoms with Crippen molar-refractivity contribution in [1.82, 2.24) is 4.90 Å². The number of aliphatic carboxylic acids is 1. The summed E-state index contributed by atoms with van der Waals surface area (Å²) in [6.45, 7) is 4.63. The second-order valence-corrected chi connectivity index (χ2v) is 5.82. The molecule has 0 atom stereocenters. The predicted octanol–water partition coefficient (Wildman–Crippen LogP) is 2.54. The van der Waals surface area contributed by atoms with Crippen LogP contribution in [-0.4, -0.2) is 39.4 Å². The molecule has 7 heteroatoms. The Balaban J connectivity index is 2.66. The summed E-state index contributed by atoms with van der Waals surface area (Å²) in [4.78, 5) is 24.6. The first-order valence-electron chi connectivity index (χ1n) is 6.21. The van der Waals surface area contributed by atoms with Crippen LogP contribution in [0.15, 0.2) is 22.8 Å². The molecule has 110 valence electrons. The zero-order valence-corrected chi connectivity index (χ0v) is 13.1. The summed E-state index contributed by atoms with van der Waals surface area (Å²) in [5, 5.41) is 8.60. The number of thioether (sulfide) groups is 1. The van der Waals surface area contributed by atoms with E-state index in [2.05, 4.69) is 0 Å². The van der Waals surface area contributed by atoms with Crippen molar-refractivity contribution in [3.8, 4) is 0 Å². The maximum absolute atomic E-state index is 12.1. The van der Waals surface area contributed by atoms with E-state index in [1.807, 2.05) is 13.8 Å². The summed E-state index contributed by atoms with van der Waals surface area (Å²) in [6.07, 6.45) is 3.74. The highest BCUT2D eigenvalue weighted by atomic mass is 32.2. The zero-order chi connectivity index (χ0) is 15.1. The summed E-state index contributed by atoms with van der Waals surface area (Å²) in [5.41, 5.74) is 0.831. The van der Waals surface area contributed by atoms with Crippen LogP contribution < -0.4 is 0 Å². The van der Waals surface area contributed by atoms with Crippen LogP contribution in [-0.2, 0) is 14.3 Å². The summed E-state index contributed by atoms with van der Waals surface area (Å²) in [7, 11) is 0. The monoisotopic (exact) mass is 315 g/mol. The molecule has 0 aromatic rings. The third-order valence-corrected chi connectivity index (χ3v) is 3.82. The maximum atomic E-state index is 12.1. The number of ether oxygens (including phenoxy) is 1. The Morgan fingerprint density at radius 2 is 2.25 bits per heavy atom. The van der Waals surface area contributed by atoms with Gasteiger partial charge in [0, 0.05) is 13.0 Å². The molecule has 0 aromatic carbocycles. The highest BCUT2D eigenvalue weighted by Crippen LogP contribution is 2.31. The van der Waals surface area contributed by atoms with Gasteiger partial charge in [-0.2, -0.15) is 0 Å². The van der Waals surface area contributed by atoms with E-state index in [9.17, 15) is 9.59 Å². The molecule has 1 rings (SSSR count). The first kappa shape index (κ1) is 16.7. The number of carbonyl (C=O) groups is 2. The number of carboxylic acid groups (broad SMARTS) is 1. The maximum Gasteiger partial charge on any atom is 0.303 e. The highest BCUT2D eigenvalue weighted by Gasteiger charge is 2.31. The minimum atomic E-state index is -0.874. The summed E-state index contributed by atoms with van der Waals surface area (Å²) < 4.78 is 5.62. The smallest absolute Gasteiger partial charge is 0.303 e. The Morgan fingerprint density at radius 3 is 2.85 bits per heavy atom. The van der Waals surface area contributed by atoms with Gasteiger partial charge in [0.25, 0.3) is 5.91 Å². The van der Waals surface area contributed by atoms with Gasteiger partial charge in [-0.25, -0.2) is 0 Å². The Morgan fingerprint density at radius 1 is 1.55 bits per heavy atom. The summed E-state index contributed by atoms with van der Waals surface area (Å²) >= 11 is 6.37. The van der Waals surface area contributed by atoms with E-state index in [1.165, 1.54) is 16.7 Å². The van der Waals surface area contributed by atoms with Gasteiger partial charge in [-0.3, -0.25) is 14.5 Å². The molecule has 0 spiro atoms.